The lowest BCUT2D eigenvalue weighted by Crippen LogP contribution is -2.48. The number of aliphatic hydroxyl groups is 2. The van der Waals surface area contributed by atoms with E-state index in [1.165, 1.54) is 26.0 Å². The van der Waals surface area contributed by atoms with E-state index < -0.39 is 23.8 Å². The molecule has 4 N–H and O–H groups in total. The molecule has 11 nitrogen and oxygen atoms in total. The van der Waals surface area contributed by atoms with Crippen LogP contribution in [-0.4, -0.2) is 92.0 Å². The summed E-state index contributed by atoms with van der Waals surface area (Å²) in [5, 5.41) is 22.5. The molecule has 0 aromatic heterocycles. The molecule has 44 heavy (non-hydrogen) atoms. The number of nitrogens with one attached hydrogen (secondary N) is 2. The smallest absolute Gasteiger partial charge is 0.264 e. The number of aliphatic hydroxyl groups excluding tert-OH is 2. The molecule has 11 heteroatoms. The Kier molecular flexibility index (Phi) is 30.8. The lowest BCUT2D eigenvalue weighted by atomic mass is 10.1. The zero-order valence-corrected chi connectivity index (χ0v) is 28.5. The van der Waals surface area contributed by atoms with Crippen molar-refractivity contribution in [3.05, 3.63) is 29.3 Å². The van der Waals surface area contributed by atoms with E-state index in [-0.39, 0.29) is 37.1 Å². The zero-order valence-electron chi connectivity index (χ0n) is 28.5. The second-order valence-electron chi connectivity index (χ2n) is 10.3. The largest absolute Gasteiger partial charge is 0.396 e. The van der Waals surface area contributed by atoms with Crippen molar-refractivity contribution in [3.63, 3.8) is 0 Å². The van der Waals surface area contributed by atoms with E-state index >= 15 is 0 Å². The highest BCUT2D eigenvalue weighted by atomic mass is 16.5. The second-order valence-corrected chi connectivity index (χ2v) is 10.3. The molecule has 1 aromatic rings. The van der Waals surface area contributed by atoms with E-state index in [9.17, 15) is 24.0 Å². The minimum Gasteiger partial charge on any atom is -0.396 e. The number of carbonyl (C=O) groups excluding carboxylic acids is 5. The topological polar surface area (TPSA) is 162 Å². The standard InChI is InChI=1S/C16H19N3O5.C5H12O.C5H10O.C5H12O.C2H6/c1-17-14(22)12(6-3-8-20)19-15(23)10-4-2-5-11(18-7-9-21)13(10)16(19)24;2*1-5(2)3-4-6;1-3-4-5-6-2;1-2/h2,4-5,8,12,18,21H,3,6-7,9H2,1H3,(H,17,22);5-6H,3-4H2,1-2H3;4-5H,3H2,1-2H3;3-5H2,1-2H3;1-2H3. The monoisotopic (exact) mass is 625 g/mol. The van der Waals surface area contributed by atoms with Crippen LogP contribution in [0.1, 0.15) is 108 Å². The average molecular weight is 626 g/mol. The molecule has 0 bridgehead atoms. The number of rotatable bonds is 15. The van der Waals surface area contributed by atoms with E-state index in [0.29, 0.717) is 36.8 Å². The molecule has 1 aliphatic rings. The summed E-state index contributed by atoms with van der Waals surface area (Å²) < 4.78 is 4.78. The Morgan fingerprint density at radius 2 is 1.61 bits per heavy atom. The molecule has 1 aliphatic heterocycles. The molecule has 2 rings (SSSR count). The highest BCUT2D eigenvalue weighted by molar-refractivity contribution is 6.25. The van der Waals surface area contributed by atoms with Crippen molar-refractivity contribution in [3.8, 4) is 0 Å². The van der Waals surface area contributed by atoms with Gasteiger partial charge in [0, 0.05) is 52.4 Å². The van der Waals surface area contributed by atoms with Crippen molar-refractivity contribution < 1.29 is 38.9 Å². The molecule has 0 radical (unpaired) electrons. The van der Waals surface area contributed by atoms with Gasteiger partial charge in [-0.1, -0.05) is 61.0 Å². The first-order valence-corrected chi connectivity index (χ1v) is 15.6. The van der Waals surface area contributed by atoms with Crippen molar-refractivity contribution in [1.29, 1.82) is 0 Å². The number of benzene rings is 1. The molecule has 1 unspecified atom stereocenters. The SMILES string of the molecule is CC.CC(C)CC=O.CC(C)CCO.CCCCOC.CNC(=O)C(CCC=O)N1C(=O)c2cccc(NCCO)c2C1=O. The molecule has 0 saturated heterocycles. The van der Waals surface area contributed by atoms with Crippen LogP contribution in [0.3, 0.4) is 0 Å². The number of hydrogen-bond donors (Lipinski definition) is 4. The third-order valence-corrected chi connectivity index (χ3v) is 5.77. The second kappa shape index (κ2) is 29.9. The van der Waals surface area contributed by atoms with Crippen LogP contribution in [0.2, 0.25) is 0 Å². The molecule has 0 fully saturated rings. The fourth-order valence-electron chi connectivity index (χ4n) is 3.43. The predicted octanol–water partition coefficient (Wildman–Crippen LogP) is 4.50. The first-order valence-electron chi connectivity index (χ1n) is 15.6. The van der Waals surface area contributed by atoms with Gasteiger partial charge in [0.2, 0.25) is 5.91 Å². The summed E-state index contributed by atoms with van der Waals surface area (Å²) >= 11 is 0. The lowest BCUT2D eigenvalue weighted by Gasteiger charge is -2.24. The normalized spacial score (nSPS) is 11.8. The van der Waals surface area contributed by atoms with Crippen molar-refractivity contribution in [2.45, 2.75) is 93.0 Å². The van der Waals surface area contributed by atoms with Crippen LogP contribution in [-0.2, 0) is 19.1 Å². The molecule has 0 spiro atoms. The third-order valence-electron chi connectivity index (χ3n) is 5.77. The summed E-state index contributed by atoms with van der Waals surface area (Å²) in [6.45, 7) is 15.7. The summed E-state index contributed by atoms with van der Waals surface area (Å²) in [5.74, 6) is -0.480. The number of ether oxygens (including phenoxy) is 1. The Balaban J connectivity index is -0.000000684. The highest BCUT2D eigenvalue weighted by Gasteiger charge is 2.43. The van der Waals surface area contributed by atoms with E-state index in [0.717, 1.165) is 24.2 Å². The number of fused-ring (bicyclic) bond motifs is 1. The van der Waals surface area contributed by atoms with Crippen LogP contribution in [0.5, 0.6) is 0 Å². The van der Waals surface area contributed by atoms with Gasteiger partial charge in [0.15, 0.2) is 0 Å². The average Bonchev–Trinajstić information content (AvgIpc) is 3.26. The minimum absolute atomic E-state index is 0.0567. The van der Waals surface area contributed by atoms with Crippen LogP contribution in [0, 0.1) is 11.8 Å². The quantitative estimate of drug-likeness (QED) is 0.125. The molecule has 0 saturated carbocycles. The van der Waals surface area contributed by atoms with Gasteiger partial charge < -0.3 is 35.2 Å². The fourth-order valence-corrected chi connectivity index (χ4v) is 3.43. The van der Waals surface area contributed by atoms with Crippen molar-refractivity contribution in [1.82, 2.24) is 10.2 Å². The van der Waals surface area contributed by atoms with Gasteiger partial charge in [-0.3, -0.25) is 19.3 Å². The first-order chi connectivity index (χ1) is 21.0. The van der Waals surface area contributed by atoms with E-state index in [2.05, 4.69) is 31.4 Å². The molecule has 254 valence electrons. The van der Waals surface area contributed by atoms with Gasteiger partial charge in [-0.2, -0.15) is 0 Å². The van der Waals surface area contributed by atoms with E-state index in [1.54, 1.807) is 19.2 Å². The molecule has 1 aromatic carbocycles. The van der Waals surface area contributed by atoms with Gasteiger partial charge in [0.1, 0.15) is 18.6 Å². The molecule has 1 heterocycles. The summed E-state index contributed by atoms with van der Waals surface area (Å²) in [7, 11) is 3.14. The zero-order chi connectivity index (χ0) is 34.5. The number of carbonyl (C=O) groups is 5. The van der Waals surface area contributed by atoms with Crippen molar-refractivity contribution in [2.24, 2.45) is 11.8 Å². The number of imide groups is 1. The van der Waals surface area contributed by atoms with Crippen molar-refractivity contribution >= 4 is 36.0 Å². The highest BCUT2D eigenvalue weighted by Crippen LogP contribution is 2.31. The van der Waals surface area contributed by atoms with Crippen LogP contribution in [0.25, 0.3) is 0 Å². The Morgan fingerprint density at radius 3 is 1.98 bits per heavy atom. The van der Waals surface area contributed by atoms with Crippen LogP contribution in [0.15, 0.2) is 18.2 Å². The van der Waals surface area contributed by atoms with Gasteiger partial charge in [-0.25, -0.2) is 0 Å². The molecule has 1 atom stereocenters. The Morgan fingerprint density at radius 1 is 0.977 bits per heavy atom. The number of methoxy groups -OCH3 is 1. The summed E-state index contributed by atoms with van der Waals surface area (Å²) in [5.41, 5.74) is 0.798. The number of amides is 3. The van der Waals surface area contributed by atoms with Gasteiger partial charge in [-0.05, 0) is 43.2 Å². The Bertz CT molecular complexity index is 918. The molecular weight excluding hydrogens is 566 g/mol. The molecule has 3 amide bonds. The number of nitrogens with zero attached hydrogens (tertiary/aromatic N) is 1. The third kappa shape index (κ3) is 19.2. The number of aldehydes is 2. The van der Waals surface area contributed by atoms with Crippen LogP contribution >= 0.6 is 0 Å². The van der Waals surface area contributed by atoms with Gasteiger partial charge in [0.25, 0.3) is 11.8 Å². The number of unbranched alkanes of at least 4 members (excludes halogenated alkanes) is 1. The maximum Gasteiger partial charge on any atom is 0.264 e. The molecule has 0 aliphatic carbocycles. The summed E-state index contributed by atoms with van der Waals surface area (Å²) in [4.78, 5) is 58.6. The first kappa shape index (κ1) is 45.3. The van der Waals surface area contributed by atoms with Gasteiger partial charge >= 0.3 is 0 Å². The lowest BCUT2D eigenvalue weighted by molar-refractivity contribution is -0.124. The van der Waals surface area contributed by atoms with Gasteiger partial charge in [0.05, 0.1) is 17.7 Å². The maximum absolute atomic E-state index is 12.8. The van der Waals surface area contributed by atoms with Crippen LogP contribution in [0.4, 0.5) is 5.69 Å². The Hall–Kier alpha value is -3.15. The number of anilines is 1. The minimum atomic E-state index is -1.04. The van der Waals surface area contributed by atoms with E-state index in [1.807, 2.05) is 27.7 Å². The van der Waals surface area contributed by atoms with Crippen LogP contribution < -0.4 is 10.6 Å². The fraction of sp³-hybridized carbons (Fsp3) is 0.667. The van der Waals surface area contributed by atoms with Gasteiger partial charge in [-0.15, -0.1) is 0 Å². The summed E-state index contributed by atoms with van der Waals surface area (Å²) in [6.07, 6.45) is 5.76. The molecular formula is C33H59N3O8. The predicted molar refractivity (Wildman–Crippen MR) is 176 cm³/mol. The summed E-state index contributed by atoms with van der Waals surface area (Å²) in [6, 6.07) is 3.72. The van der Waals surface area contributed by atoms with Crippen molar-refractivity contribution in [2.75, 3.05) is 45.8 Å². The maximum atomic E-state index is 12.8. The number of hydrogen-bond acceptors (Lipinski definition) is 9. The Labute approximate surface area is 265 Å². The number of likely N-dealkylation sites (N-methyl/N-ethyl adjacent to an activating group) is 1. The van der Waals surface area contributed by atoms with E-state index in [4.69, 9.17) is 14.9 Å².